The Morgan fingerprint density at radius 1 is 1.28 bits per heavy atom. The Morgan fingerprint density at radius 2 is 2.17 bits per heavy atom. The van der Waals surface area contributed by atoms with Crippen LogP contribution < -0.4 is 15.8 Å². The van der Waals surface area contributed by atoms with Gasteiger partial charge in [-0.2, -0.15) is 0 Å². The molecule has 0 atom stereocenters. The molecule has 1 aliphatic heterocycles. The maximum atomic E-state index is 12.6. The van der Waals surface area contributed by atoms with Crippen LogP contribution in [0, 0.1) is 0 Å². The highest BCUT2D eigenvalue weighted by Crippen LogP contribution is 2.29. The Morgan fingerprint density at radius 3 is 2.92 bits per heavy atom. The van der Waals surface area contributed by atoms with Gasteiger partial charge in [0.05, 0.1) is 11.7 Å². The second-order valence-electron chi connectivity index (χ2n) is 8.41. The summed E-state index contributed by atoms with van der Waals surface area (Å²) in [7, 11) is 0. The summed E-state index contributed by atoms with van der Waals surface area (Å²) in [5.41, 5.74) is 8.11. The standard InChI is InChI=1S/C24H26N8O4/c1-2-32-18-13-19(27-14-17(18)28-23(32)21-22(25)30-36-29-21)35-16-7-3-6-15(12-16)24(34)26-9-5-11-31-10-4-8-20(31)33/h3,6-7,12-14H,2,4-5,8-11H2,1H3,(H2,25,30)(H,26,34). The number of imidazole rings is 1. The van der Waals surface area contributed by atoms with Gasteiger partial charge in [0, 0.05) is 44.2 Å². The largest absolute Gasteiger partial charge is 0.439 e. The third-order valence-corrected chi connectivity index (χ3v) is 6.03. The number of hydrogen-bond donors (Lipinski definition) is 2. The van der Waals surface area contributed by atoms with E-state index < -0.39 is 0 Å². The normalized spacial score (nSPS) is 13.5. The number of ether oxygens (including phenoxy) is 1. The number of aromatic nitrogens is 5. The average molecular weight is 491 g/mol. The lowest BCUT2D eigenvalue weighted by Gasteiger charge is -2.15. The fourth-order valence-electron chi connectivity index (χ4n) is 4.25. The number of nitrogens with two attached hydrogens (primary N) is 1. The van der Waals surface area contributed by atoms with Crippen LogP contribution in [0.2, 0.25) is 0 Å². The summed E-state index contributed by atoms with van der Waals surface area (Å²) >= 11 is 0. The third kappa shape index (κ3) is 4.69. The number of nitrogens with zero attached hydrogens (tertiary/aromatic N) is 6. The molecule has 4 heterocycles. The summed E-state index contributed by atoms with van der Waals surface area (Å²) in [4.78, 5) is 35.1. The van der Waals surface area contributed by atoms with Crippen molar-refractivity contribution in [3.63, 3.8) is 0 Å². The summed E-state index contributed by atoms with van der Waals surface area (Å²) in [6.07, 6.45) is 3.85. The lowest BCUT2D eigenvalue weighted by atomic mass is 10.2. The van der Waals surface area contributed by atoms with Crippen LogP contribution in [0.5, 0.6) is 11.6 Å². The van der Waals surface area contributed by atoms with E-state index in [1.54, 1.807) is 36.5 Å². The highest BCUT2D eigenvalue weighted by molar-refractivity contribution is 5.94. The van der Waals surface area contributed by atoms with E-state index in [1.807, 2.05) is 16.4 Å². The van der Waals surface area contributed by atoms with Gasteiger partial charge in [0.25, 0.3) is 5.91 Å². The van der Waals surface area contributed by atoms with Gasteiger partial charge in [-0.3, -0.25) is 9.59 Å². The summed E-state index contributed by atoms with van der Waals surface area (Å²) in [6.45, 7) is 4.52. The van der Waals surface area contributed by atoms with E-state index in [1.165, 1.54) is 0 Å². The van der Waals surface area contributed by atoms with Crippen LogP contribution in [-0.4, -0.2) is 61.2 Å². The van der Waals surface area contributed by atoms with Gasteiger partial charge in [-0.1, -0.05) is 6.07 Å². The van der Waals surface area contributed by atoms with Gasteiger partial charge in [0.1, 0.15) is 11.3 Å². The molecule has 3 aromatic heterocycles. The molecule has 5 rings (SSSR count). The lowest BCUT2D eigenvalue weighted by Crippen LogP contribution is -2.30. The molecule has 0 radical (unpaired) electrons. The number of anilines is 1. The quantitative estimate of drug-likeness (QED) is 0.337. The topological polar surface area (TPSA) is 154 Å². The van der Waals surface area contributed by atoms with Crippen LogP contribution in [0.15, 0.2) is 41.2 Å². The zero-order chi connectivity index (χ0) is 25.1. The molecule has 0 bridgehead atoms. The van der Waals surface area contributed by atoms with Crippen LogP contribution in [-0.2, 0) is 11.3 Å². The van der Waals surface area contributed by atoms with E-state index in [-0.39, 0.29) is 17.6 Å². The van der Waals surface area contributed by atoms with Crippen LogP contribution in [0.3, 0.4) is 0 Å². The first-order valence-electron chi connectivity index (χ1n) is 11.8. The van der Waals surface area contributed by atoms with Crippen LogP contribution in [0.1, 0.15) is 36.5 Å². The van der Waals surface area contributed by atoms with Gasteiger partial charge >= 0.3 is 0 Å². The van der Waals surface area contributed by atoms with E-state index in [4.69, 9.17) is 15.1 Å². The second kappa shape index (κ2) is 10.0. The first-order chi connectivity index (χ1) is 17.5. The monoisotopic (exact) mass is 490 g/mol. The average Bonchev–Trinajstić information content (AvgIpc) is 3.59. The van der Waals surface area contributed by atoms with Crippen molar-refractivity contribution in [3.8, 4) is 23.1 Å². The van der Waals surface area contributed by atoms with E-state index in [0.29, 0.717) is 66.7 Å². The van der Waals surface area contributed by atoms with Crippen molar-refractivity contribution in [2.45, 2.75) is 32.7 Å². The molecule has 1 saturated heterocycles. The fraction of sp³-hybridized carbons (Fsp3) is 0.333. The number of fused-ring (bicyclic) bond motifs is 1. The highest BCUT2D eigenvalue weighted by atomic mass is 16.6. The van der Waals surface area contributed by atoms with E-state index >= 15 is 0 Å². The van der Waals surface area contributed by atoms with Gasteiger partial charge in [-0.25, -0.2) is 14.6 Å². The maximum Gasteiger partial charge on any atom is 0.251 e. The molecule has 3 N–H and O–H groups in total. The smallest absolute Gasteiger partial charge is 0.251 e. The lowest BCUT2D eigenvalue weighted by molar-refractivity contribution is -0.127. The Hall–Kier alpha value is -4.48. The molecule has 36 heavy (non-hydrogen) atoms. The van der Waals surface area contributed by atoms with Crippen molar-refractivity contribution < 1.29 is 19.0 Å². The number of nitrogen functional groups attached to an aromatic ring is 1. The van der Waals surface area contributed by atoms with Gasteiger partial charge in [-0.15, -0.1) is 0 Å². The van der Waals surface area contributed by atoms with Crippen molar-refractivity contribution in [1.82, 2.24) is 35.1 Å². The van der Waals surface area contributed by atoms with E-state index in [2.05, 4.69) is 25.6 Å². The summed E-state index contributed by atoms with van der Waals surface area (Å²) in [5.74, 6) is 1.49. The Kier molecular flexibility index (Phi) is 6.48. The number of benzene rings is 1. The van der Waals surface area contributed by atoms with Crippen LogP contribution in [0.25, 0.3) is 22.6 Å². The van der Waals surface area contributed by atoms with Gasteiger partial charge in [0.15, 0.2) is 17.3 Å². The Balaban J connectivity index is 1.26. The van der Waals surface area contributed by atoms with E-state index in [9.17, 15) is 9.59 Å². The number of nitrogens with one attached hydrogen (secondary N) is 1. The molecule has 1 aliphatic rings. The number of carbonyl (C=O) groups excluding carboxylic acids is 2. The molecule has 2 amide bonds. The van der Waals surface area contributed by atoms with E-state index in [0.717, 1.165) is 18.5 Å². The van der Waals surface area contributed by atoms with Crippen molar-refractivity contribution >= 4 is 28.7 Å². The molecule has 4 aromatic rings. The molecule has 0 saturated carbocycles. The first kappa shape index (κ1) is 23.3. The fourth-order valence-corrected chi connectivity index (χ4v) is 4.25. The molecular weight excluding hydrogens is 464 g/mol. The minimum Gasteiger partial charge on any atom is -0.439 e. The zero-order valence-corrected chi connectivity index (χ0v) is 19.8. The predicted octanol–water partition coefficient (Wildman–Crippen LogP) is 2.62. The minimum absolute atomic E-state index is 0.157. The zero-order valence-electron chi connectivity index (χ0n) is 19.8. The van der Waals surface area contributed by atoms with Crippen LogP contribution >= 0.6 is 0 Å². The molecule has 12 heteroatoms. The van der Waals surface area contributed by atoms with Crippen LogP contribution in [0.4, 0.5) is 5.82 Å². The summed E-state index contributed by atoms with van der Waals surface area (Å²) < 4.78 is 12.6. The minimum atomic E-state index is -0.205. The van der Waals surface area contributed by atoms with Gasteiger partial charge < -0.3 is 25.3 Å². The van der Waals surface area contributed by atoms with Crippen molar-refractivity contribution in [2.75, 3.05) is 25.4 Å². The SMILES string of the molecule is CCn1c(-c2nonc2N)nc2cnc(Oc3cccc(C(=O)NCCCN4CCCC4=O)c3)cc21. The first-order valence-corrected chi connectivity index (χ1v) is 11.8. The number of likely N-dealkylation sites (tertiary alicyclic amines) is 1. The van der Waals surface area contributed by atoms with Crippen molar-refractivity contribution in [2.24, 2.45) is 0 Å². The summed E-state index contributed by atoms with van der Waals surface area (Å²) in [6, 6.07) is 8.66. The Bertz CT molecular complexity index is 1410. The second-order valence-corrected chi connectivity index (χ2v) is 8.41. The van der Waals surface area contributed by atoms with Crippen molar-refractivity contribution in [3.05, 3.63) is 42.1 Å². The molecule has 1 fully saturated rings. The number of aryl methyl sites for hydroxylation is 1. The highest BCUT2D eigenvalue weighted by Gasteiger charge is 2.20. The molecule has 0 aliphatic carbocycles. The molecule has 12 nitrogen and oxygen atoms in total. The number of hydrogen-bond acceptors (Lipinski definition) is 9. The van der Waals surface area contributed by atoms with Crippen molar-refractivity contribution in [1.29, 1.82) is 0 Å². The molecule has 0 spiro atoms. The number of amides is 2. The molecular formula is C24H26N8O4. The molecule has 186 valence electrons. The Labute approximate surface area is 206 Å². The third-order valence-electron chi connectivity index (χ3n) is 6.03. The van der Waals surface area contributed by atoms with Gasteiger partial charge in [-0.05, 0) is 48.3 Å². The molecule has 1 aromatic carbocycles. The number of pyridine rings is 1. The van der Waals surface area contributed by atoms with Gasteiger partial charge in [0.2, 0.25) is 11.8 Å². The molecule has 0 unspecified atom stereocenters. The number of rotatable bonds is 9. The number of carbonyl (C=O) groups is 2. The maximum absolute atomic E-state index is 12.6. The predicted molar refractivity (Wildman–Crippen MR) is 130 cm³/mol. The summed E-state index contributed by atoms with van der Waals surface area (Å²) in [5, 5.41) is 10.4.